The van der Waals surface area contributed by atoms with E-state index in [1.807, 2.05) is 0 Å². The summed E-state index contributed by atoms with van der Waals surface area (Å²) in [5, 5.41) is 6.73. The van der Waals surface area contributed by atoms with Gasteiger partial charge in [0.2, 0.25) is 0 Å². The van der Waals surface area contributed by atoms with Gasteiger partial charge in [0.15, 0.2) is 11.7 Å². The summed E-state index contributed by atoms with van der Waals surface area (Å²) in [5.74, 6) is -4.44. The number of primary amides is 1. The maximum atomic E-state index is 14.1. The van der Waals surface area contributed by atoms with Gasteiger partial charge in [-0.05, 0) is 13.8 Å². The lowest BCUT2D eigenvalue weighted by Crippen LogP contribution is -2.40. The van der Waals surface area contributed by atoms with Gasteiger partial charge in [0.05, 0.1) is 16.7 Å². The summed E-state index contributed by atoms with van der Waals surface area (Å²) in [7, 11) is 1.06. The SMILES string of the molecule is C=C(C(N)=O)/C(F)=C(/F)C(C)(C)N(C)/C=C(\C=N)C(F)(F)F. The van der Waals surface area contributed by atoms with E-state index in [4.69, 9.17) is 11.1 Å². The Morgan fingerprint density at radius 3 is 2.05 bits per heavy atom. The van der Waals surface area contributed by atoms with Crippen molar-refractivity contribution < 1.29 is 26.7 Å². The molecule has 0 aliphatic carbocycles. The number of likely N-dealkylation sites (N-methyl/N-ethyl adjacent to an activating group) is 1. The second-order valence-corrected chi connectivity index (χ2v) is 4.87. The molecule has 0 rings (SSSR count). The Labute approximate surface area is 124 Å². The highest BCUT2D eigenvalue weighted by Crippen LogP contribution is 2.32. The van der Waals surface area contributed by atoms with Crippen LogP contribution in [0.25, 0.3) is 0 Å². The van der Waals surface area contributed by atoms with Gasteiger partial charge in [0.25, 0.3) is 5.91 Å². The fraction of sp³-hybridized carbons (Fsp3) is 0.385. The van der Waals surface area contributed by atoms with E-state index >= 15 is 0 Å². The first kappa shape index (κ1) is 19.8. The van der Waals surface area contributed by atoms with Gasteiger partial charge in [0.1, 0.15) is 0 Å². The minimum Gasteiger partial charge on any atom is -0.368 e. The fourth-order valence-corrected chi connectivity index (χ4v) is 1.23. The van der Waals surface area contributed by atoms with Crippen LogP contribution in [0.4, 0.5) is 22.0 Å². The summed E-state index contributed by atoms with van der Waals surface area (Å²) in [5.41, 5.74) is 0.616. The van der Waals surface area contributed by atoms with Crippen molar-refractivity contribution in [3.63, 3.8) is 0 Å². The lowest BCUT2D eigenvalue weighted by atomic mass is 9.99. The normalized spacial score (nSPS) is 14.3. The van der Waals surface area contributed by atoms with Crippen LogP contribution < -0.4 is 5.73 Å². The Hall–Kier alpha value is -2.19. The van der Waals surface area contributed by atoms with Crippen LogP contribution >= 0.6 is 0 Å². The summed E-state index contributed by atoms with van der Waals surface area (Å²) >= 11 is 0. The molecule has 4 nitrogen and oxygen atoms in total. The Morgan fingerprint density at radius 1 is 1.27 bits per heavy atom. The Kier molecular flexibility index (Phi) is 6.05. The van der Waals surface area contributed by atoms with Crippen molar-refractivity contribution in [3.8, 4) is 0 Å². The zero-order valence-corrected chi connectivity index (χ0v) is 12.2. The van der Waals surface area contributed by atoms with E-state index in [0.717, 1.165) is 25.8 Å². The number of hydrogen-bond acceptors (Lipinski definition) is 3. The van der Waals surface area contributed by atoms with E-state index in [0.29, 0.717) is 6.20 Å². The van der Waals surface area contributed by atoms with E-state index in [-0.39, 0.29) is 6.21 Å². The quantitative estimate of drug-likeness (QED) is 0.341. The van der Waals surface area contributed by atoms with Crippen LogP contribution in [0.5, 0.6) is 0 Å². The number of halogens is 5. The van der Waals surface area contributed by atoms with E-state index in [1.165, 1.54) is 0 Å². The zero-order chi connectivity index (χ0) is 17.9. The summed E-state index contributed by atoms with van der Waals surface area (Å²) in [6.07, 6.45) is -4.32. The van der Waals surface area contributed by atoms with Crippen molar-refractivity contribution in [2.24, 2.45) is 5.73 Å². The molecule has 0 aromatic heterocycles. The van der Waals surface area contributed by atoms with Crippen molar-refractivity contribution in [1.29, 1.82) is 5.41 Å². The average molecular weight is 325 g/mol. The first-order valence-electron chi connectivity index (χ1n) is 5.84. The van der Waals surface area contributed by atoms with Crippen LogP contribution in [0.1, 0.15) is 13.8 Å². The number of hydrogen-bond donors (Lipinski definition) is 2. The van der Waals surface area contributed by atoms with E-state index < -0.39 is 40.4 Å². The number of nitrogens with two attached hydrogens (primary N) is 1. The van der Waals surface area contributed by atoms with E-state index in [2.05, 4.69) is 6.58 Å². The molecule has 3 N–H and O–H groups in total. The minimum atomic E-state index is -4.82. The number of alkyl halides is 3. The molecule has 0 fully saturated rings. The maximum absolute atomic E-state index is 14.1. The van der Waals surface area contributed by atoms with Crippen LogP contribution in [0.15, 0.2) is 35.6 Å². The Balaban J connectivity index is 5.79. The van der Waals surface area contributed by atoms with Crippen molar-refractivity contribution >= 4 is 12.1 Å². The van der Waals surface area contributed by atoms with Crippen LogP contribution in [0.2, 0.25) is 0 Å². The highest BCUT2D eigenvalue weighted by molar-refractivity contribution is 5.95. The molecule has 0 saturated heterocycles. The largest absolute Gasteiger partial charge is 0.419 e. The minimum absolute atomic E-state index is 0.0485. The number of carbonyl (C=O) groups excluding carboxylic acids is 1. The summed E-state index contributed by atoms with van der Waals surface area (Å²) in [6, 6.07) is 0. The van der Waals surface area contributed by atoms with E-state index in [9.17, 15) is 26.7 Å². The number of nitrogens with zero attached hydrogens (tertiary/aromatic N) is 1. The van der Waals surface area contributed by atoms with Gasteiger partial charge >= 0.3 is 6.18 Å². The van der Waals surface area contributed by atoms with Crippen molar-refractivity contribution in [1.82, 2.24) is 4.90 Å². The van der Waals surface area contributed by atoms with Gasteiger partial charge in [-0.1, -0.05) is 6.58 Å². The molecule has 0 aromatic rings. The molecule has 0 aliphatic heterocycles. The predicted molar refractivity (Wildman–Crippen MR) is 72.3 cm³/mol. The molecular formula is C13H16F5N3O. The van der Waals surface area contributed by atoms with Gasteiger partial charge in [-0.25, -0.2) is 8.78 Å². The molecule has 0 unspecified atom stereocenters. The van der Waals surface area contributed by atoms with Gasteiger partial charge in [-0.2, -0.15) is 13.2 Å². The third-order valence-electron chi connectivity index (χ3n) is 2.99. The Bertz CT molecular complexity index is 546. The van der Waals surface area contributed by atoms with Crippen LogP contribution in [0, 0.1) is 5.41 Å². The molecule has 0 aromatic carbocycles. The summed E-state index contributed by atoms with van der Waals surface area (Å²) in [6.45, 7) is 5.14. The monoisotopic (exact) mass is 325 g/mol. The number of nitrogens with one attached hydrogen (secondary N) is 1. The number of allylic oxidation sites excluding steroid dienone is 1. The molecule has 0 aliphatic rings. The predicted octanol–water partition coefficient (Wildman–Crippen LogP) is 2.98. The molecular weight excluding hydrogens is 309 g/mol. The molecule has 0 bridgehead atoms. The van der Waals surface area contributed by atoms with Crippen molar-refractivity contribution in [3.05, 3.63) is 35.6 Å². The van der Waals surface area contributed by atoms with E-state index in [1.54, 1.807) is 0 Å². The standard InChI is InChI=1S/C13H16F5N3O/c1-7(11(20)22)9(14)10(15)12(2,3)21(4)6-8(5-19)13(16,17)18/h5-6,19H,1H2,2-4H3,(H2,20,22)/b8-6+,10-9-,19-5?. The van der Waals surface area contributed by atoms with Gasteiger partial charge in [-0.15, -0.1) is 0 Å². The topological polar surface area (TPSA) is 70.2 Å². The van der Waals surface area contributed by atoms with Crippen molar-refractivity contribution in [2.45, 2.75) is 25.6 Å². The fourth-order valence-electron chi connectivity index (χ4n) is 1.23. The number of rotatable bonds is 6. The molecule has 0 spiro atoms. The molecule has 0 saturated carbocycles. The number of amides is 1. The number of carbonyl (C=O) groups is 1. The molecule has 0 heterocycles. The smallest absolute Gasteiger partial charge is 0.368 e. The molecule has 0 radical (unpaired) electrons. The Morgan fingerprint density at radius 2 is 1.73 bits per heavy atom. The zero-order valence-electron chi connectivity index (χ0n) is 12.2. The van der Waals surface area contributed by atoms with Crippen LogP contribution in [-0.4, -0.2) is 35.8 Å². The first-order chi connectivity index (χ1) is 9.76. The third kappa shape index (κ3) is 4.40. The lowest BCUT2D eigenvalue weighted by molar-refractivity contribution is -0.114. The molecule has 9 heteroatoms. The van der Waals surface area contributed by atoms with Crippen LogP contribution in [0.3, 0.4) is 0 Å². The average Bonchev–Trinajstić information content (AvgIpc) is 2.39. The molecule has 22 heavy (non-hydrogen) atoms. The lowest BCUT2D eigenvalue weighted by Gasteiger charge is -2.34. The maximum Gasteiger partial charge on any atom is 0.419 e. The molecule has 124 valence electrons. The molecule has 0 atom stereocenters. The highest BCUT2D eigenvalue weighted by Gasteiger charge is 2.36. The van der Waals surface area contributed by atoms with Gasteiger partial charge in [-0.3, -0.25) is 4.79 Å². The van der Waals surface area contributed by atoms with Gasteiger partial charge < -0.3 is 16.0 Å². The van der Waals surface area contributed by atoms with Crippen molar-refractivity contribution in [2.75, 3.05) is 7.05 Å². The highest BCUT2D eigenvalue weighted by atomic mass is 19.4. The molecule has 1 amide bonds. The van der Waals surface area contributed by atoms with Crippen LogP contribution in [-0.2, 0) is 4.79 Å². The van der Waals surface area contributed by atoms with Gasteiger partial charge in [0, 0.05) is 19.5 Å². The summed E-state index contributed by atoms with van der Waals surface area (Å²) in [4.78, 5) is 11.5. The second-order valence-electron chi connectivity index (χ2n) is 4.87. The third-order valence-corrected chi connectivity index (χ3v) is 2.99. The first-order valence-corrected chi connectivity index (χ1v) is 5.84. The summed E-state index contributed by atoms with van der Waals surface area (Å²) < 4.78 is 65.5. The second kappa shape index (κ2) is 6.71.